The lowest BCUT2D eigenvalue weighted by Crippen LogP contribution is -2.52. The van der Waals surface area contributed by atoms with E-state index >= 15 is 0 Å². The molecule has 3 N–H and O–H groups in total. The van der Waals surface area contributed by atoms with Crippen LogP contribution in [0.3, 0.4) is 0 Å². The number of hydrogen-bond donors (Lipinski definition) is 3. The van der Waals surface area contributed by atoms with Crippen LogP contribution < -0.4 is 19.7 Å². The van der Waals surface area contributed by atoms with E-state index < -0.39 is 0 Å². The third-order valence-corrected chi connectivity index (χ3v) is 3.68. The van der Waals surface area contributed by atoms with Gasteiger partial charge in [0.25, 0.3) is 0 Å². The lowest BCUT2D eigenvalue weighted by molar-refractivity contribution is 0.170. The summed E-state index contributed by atoms with van der Waals surface area (Å²) in [5.74, 6) is 1.43. The van der Waals surface area contributed by atoms with E-state index in [2.05, 4.69) is 10.2 Å². The molecule has 1 saturated heterocycles. The lowest BCUT2D eigenvalue weighted by atomic mass is 10.1. The molecule has 6 nitrogen and oxygen atoms in total. The van der Waals surface area contributed by atoms with E-state index in [-0.39, 0.29) is 19.3 Å². The van der Waals surface area contributed by atoms with Gasteiger partial charge in [-0.1, -0.05) is 0 Å². The predicted molar refractivity (Wildman–Crippen MR) is 74.4 cm³/mol. The van der Waals surface area contributed by atoms with Gasteiger partial charge in [-0.15, -0.1) is 0 Å². The maximum absolute atomic E-state index is 9.39. The van der Waals surface area contributed by atoms with Crippen LogP contribution in [-0.2, 0) is 6.61 Å². The van der Waals surface area contributed by atoms with Crippen molar-refractivity contribution in [3.63, 3.8) is 0 Å². The molecule has 2 aliphatic rings. The smallest absolute Gasteiger partial charge is 0.184 e. The maximum Gasteiger partial charge on any atom is 0.184 e. The fourth-order valence-electron chi connectivity index (χ4n) is 2.68. The van der Waals surface area contributed by atoms with Crippen LogP contribution in [0.5, 0.6) is 11.5 Å². The standard InChI is InChI=1S/C14H20N2O4/c17-8-10-5-12(14-13(6-10)19-3-4-20-14)16-2-1-15-11(7-16)9-18/h5-6,11,15,17-18H,1-4,7-9H2. The molecule has 1 aromatic carbocycles. The van der Waals surface area contributed by atoms with Gasteiger partial charge in [0.2, 0.25) is 0 Å². The summed E-state index contributed by atoms with van der Waals surface area (Å²) >= 11 is 0. The quantitative estimate of drug-likeness (QED) is 0.707. The van der Waals surface area contributed by atoms with Crippen LogP contribution in [-0.4, -0.2) is 55.7 Å². The van der Waals surface area contributed by atoms with Gasteiger partial charge in [0.15, 0.2) is 11.5 Å². The summed E-state index contributed by atoms with van der Waals surface area (Å²) < 4.78 is 11.4. The van der Waals surface area contributed by atoms with Gasteiger partial charge in [-0.2, -0.15) is 0 Å². The fourth-order valence-corrected chi connectivity index (χ4v) is 2.68. The summed E-state index contributed by atoms with van der Waals surface area (Å²) in [6.45, 7) is 3.50. The van der Waals surface area contributed by atoms with Crippen LogP contribution in [0.4, 0.5) is 5.69 Å². The molecule has 0 radical (unpaired) electrons. The number of rotatable bonds is 3. The third-order valence-electron chi connectivity index (χ3n) is 3.68. The predicted octanol–water partition coefficient (Wildman–Crippen LogP) is -0.279. The van der Waals surface area contributed by atoms with E-state index in [0.29, 0.717) is 25.5 Å². The molecule has 1 fully saturated rings. The first-order chi connectivity index (χ1) is 9.81. The highest BCUT2D eigenvalue weighted by atomic mass is 16.6. The molecule has 0 spiro atoms. The summed E-state index contributed by atoms with van der Waals surface area (Å²) in [4.78, 5) is 2.17. The largest absolute Gasteiger partial charge is 0.486 e. The van der Waals surface area contributed by atoms with Crippen molar-refractivity contribution >= 4 is 5.69 Å². The minimum atomic E-state index is -0.0286. The Morgan fingerprint density at radius 3 is 2.90 bits per heavy atom. The van der Waals surface area contributed by atoms with Crippen LogP contribution in [0.25, 0.3) is 0 Å². The molecule has 3 rings (SSSR count). The number of aliphatic hydroxyl groups is 2. The number of benzene rings is 1. The number of fused-ring (bicyclic) bond motifs is 1. The Morgan fingerprint density at radius 2 is 2.10 bits per heavy atom. The van der Waals surface area contributed by atoms with Gasteiger partial charge in [-0.25, -0.2) is 0 Å². The van der Waals surface area contributed by atoms with Gasteiger partial charge < -0.3 is 29.9 Å². The molecule has 6 heteroatoms. The average molecular weight is 280 g/mol. The van der Waals surface area contributed by atoms with E-state index in [1.807, 2.05) is 12.1 Å². The van der Waals surface area contributed by atoms with Crippen molar-refractivity contribution in [2.45, 2.75) is 12.6 Å². The minimum Gasteiger partial charge on any atom is -0.486 e. The number of anilines is 1. The van der Waals surface area contributed by atoms with Gasteiger partial charge in [-0.3, -0.25) is 0 Å². The van der Waals surface area contributed by atoms with Crippen molar-refractivity contribution in [2.24, 2.45) is 0 Å². The normalized spacial score (nSPS) is 21.9. The Morgan fingerprint density at radius 1 is 1.25 bits per heavy atom. The van der Waals surface area contributed by atoms with Crippen LogP contribution in [0, 0.1) is 0 Å². The van der Waals surface area contributed by atoms with E-state index in [0.717, 1.165) is 30.1 Å². The minimum absolute atomic E-state index is 0.0286. The second-order valence-corrected chi connectivity index (χ2v) is 5.08. The van der Waals surface area contributed by atoms with Gasteiger partial charge in [0, 0.05) is 25.7 Å². The highest BCUT2D eigenvalue weighted by molar-refractivity contribution is 5.67. The van der Waals surface area contributed by atoms with Gasteiger partial charge >= 0.3 is 0 Å². The second-order valence-electron chi connectivity index (χ2n) is 5.08. The molecule has 2 heterocycles. The van der Waals surface area contributed by atoms with Crippen molar-refractivity contribution < 1.29 is 19.7 Å². The summed E-state index contributed by atoms with van der Waals surface area (Å²) in [5, 5.41) is 22.0. The van der Waals surface area contributed by atoms with Crippen LogP contribution in [0.1, 0.15) is 5.56 Å². The van der Waals surface area contributed by atoms with Crippen LogP contribution in [0.2, 0.25) is 0 Å². The van der Waals surface area contributed by atoms with E-state index in [9.17, 15) is 10.2 Å². The Hall–Kier alpha value is -1.50. The topological polar surface area (TPSA) is 74.2 Å². The molecule has 1 aromatic rings. The molecule has 0 aromatic heterocycles. The van der Waals surface area contributed by atoms with E-state index in [4.69, 9.17) is 9.47 Å². The van der Waals surface area contributed by atoms with Gasteiger partial charge in [0.1, 0.15) is 13.2 Å². The highest BCUT2D eigenvalue weighted by Gasteiger charge is 2.25. The Kier molecular flexibility index (Phi) is 3.95. The number of aliphatic hydroxyl groups excluding tert-OH is 2. The van der Waals surface area contributed by atoms with Gasteiger partial charge in [0.05, 0.1) is 18.9 Å². The first-order valence-electron chi connectivity index (χ1n) is 6.94. The van der Waals surface area contributed by atoms with E-state index in [1.54, 1.807) is 0 Å². The Bertz CT molecular complexity index is 480. The number of nitrogens with zero attached hydrogens (tertiary/aromatic N) is 1. The monoisotopic (exact) mass is 280 g/mol. The molecule has 0 bridgehead atoms. The summed E-state index contributed by atoms with van der Waals surface area (Å²) in [6.07, 6.45) is 0. The summed E-state index contributed by atoms with van der Waals surface area (Å²) in [6, 6.07) is 3.82. The zero-order chi connectivity index (χ0) is 13.9. The number of hydrogen-bond acceptors (Lipinski definition) is 6. The van der Waals surface area contributed by atoms with Crippen molar-refractivity contribution in [1.29, 1.82) is 0 Å². The second kappa shape index (κ2) is 5.87. The van der Waals surface area contributed by atoms with Crippen LogP contribution in [0.15, 0.2) is 12.1 Å². The summed E-state index contributed by atoms with van der Waals surface area (Å²) in [5.41, 5.74) is 1.74. The molecular weight excluding hydrogens is 260 g/mol. The zero-order valence-corrected chi connectivity index (χ0v) is 11.3. The Balaban J connectivity index is 1.94. The van der Waals surface area contributed by atoms with Crippen LogP contribution >= 0.6 is 0 Å². The maximum atomic E-state index is 9.39. The SMILES string of the molecule is OCc1cc2c(c(N3CCNC(CO)C3)c1)OCCO2. The molecule has 110 valence electrons. The Labute approximate surface area is 117 Å². The van der Waals surface area contributed by atoms with Crippen molar-refractivity contribution in [3.05, 3.63) is 17.7 Å². The first-order valence-corrected chi connectivity index (χ1v) is 6.94. The van der Waals surface area contributed by atoms with Crippen molar-refractivity contribution in [2.75, 3.05) is 44.4 Å². The fraction of sp³-hybridized carbons (Fsp3) is 0.571. The van der Waals surface area contributed by atoms with E-state index in [1.165, 1.54) is 0 Å². The molecule has 0 aliphatic carbocycles. The zero-order valence-electron chi connectivity index (χ0n) is 11.3. The molecule has 2 aliphatic heterocycles. The average Bonchev–Trinajstić information content (AvgIpc) is 2.53. The van der Waals surface area contributed by atoms with Crippen molar-refractivity contribution in [3.8, 4) is 11.5 Å². The summed E-state index contributed by atoms with van der Waals surface area (Å²) in [7, 11) is 0. The third kappa shape index (κ3) is 2.54. The molecule has 1 unspecified atom stereocenters. The molecule has 1 atom stereocenters. The molecule has 20 heavy (non-hydrogen) atoms. The molecule has 0 amide bonds. The number of piperazine rings is 1. The van der Waals surface area contributed by atoms with Gasteiger partial charge in [-0.05, 0) is 17.7 Å². The van der Waals surface area contributed by atoms with Crippen molar-refractivity contribution in [1.82, 2.24) is 5.32 Å². The molecular formula is C14H20N2O4. The number of nitrogens with one attached hydrogen (secondary N) is 1. The first kappa shape index (κ1) is 13.5. The number of ether oxygens (including phenoxy) is 2. The molecule has 0 saturated carbocycles. The highest BCUT2D eigenvalue weighted by Crippen LogP contribution is 2.41. The lowest BCUT2D eigenvalue weighted by Gasteiger charge is -2.36.